The predicted molar refractivity (Wildman–Crippen MR) is 110 cm³/mol. The summed E-state index contributed by atoms with van der Waals surface area (Å²) in [5, 5.41) is 8.12. The fourth-order valence-electron chi connectivity index (χ4n) is 3.71. The lowest BCUT2D eigenvalue weighted by Gasteiger charge is -2.27. The molecule has 3 aromatic rings. The third-order valence-electron chi connectivity index (χ3n) is 5.13. The standard InChI is InChI=1S/C20H22N4O3S/c25-18(13-24-20(27)15-7-2-1-6-14(15)19(26)22-24)21-12-16(17-8-5-11-28-17)23-9-3-4-10-23/h1-2,5-8,11,16H,3-4,9-10,12-13H2,(H,21,25)(H,22,26)/t16-/m0/s1. The second-order valence-electron chi connectivity index (χ2n) is 6.96. The molecule has 4 rings (SSSR count). The SMILES string of the molecule is O=C(Cn1[nH]c(=O)c2ccccc2c1=O)NC[C@@H](c1cccs1)N1CCCC1. The van der Waals surface area contributed by atoms with Crippen LogP contribution >= 0.6 is 11.3 Å². The van der Waals surface area contributed by atoms with Crippen molar-refractivity contribution in [2.75, 3.05) is 19.6 Å². The van der Waals surface area contributed by atoms with Crippen LogP contribution in [0.5, 0.6) is 0 Å². The minimum atomic E-state index is -0.378. The van der Waals surface area contributed by atoms with Gasteiger partial charge in [-0.3, -0.25) is 24.4 Å². The van der Waals surface area contributed by atoms with Crippen molar-refractivity contribution in [3.05, 3.63) is 67.4 Å². The first-order valence-electron chi connectivity index (χ1n) is 9.39. The molecule has 1 aromatic carbocycles. The molecule has 1 aliphatic heterocycles. The summed E-state index contributed by atoms with van der Waals surface area (Å²) in [4.78, 5) is 40.8. The van der Waals surface area contributed by atoms with Crippen LogP contribution in [0.4, 0.5) is 0 Å². The molecule has 7 nitrogen and oxygen atoms in total. The van der Waals surface area contributed by atoms with Crippen molar-refractivity contribution >= 4 is 28.0 Å². The number of amides is 1. The molecule has 0 unspecified atom stereocenters. The van der Waals surface area contributed by atoms with Crippen molar-refractivity contribution in [2.45, 2.75) is 25.4 Å². The van der Waals surface area contributed by atoms with Gasteiger partial charge in [-0.2, -0.15) is 0 Å². The zero-order valence-corrected chi connectivity index (χ0v) is 16.2. The third-order valence-corrected chi connectivity index (χ3v) is 6.10. The van der Waals surface area contributed by atoms with Gasteiger partial charge in [-0.1, -0.05) is 18.2 Å². The average Bonchev–Trinajstić information content (AvgIpc) is 3.41. The lowest BCUT2D eigenvalue weighted by atomic mass is 10.2. The van der Waals surface area contributed by atoms with E-state index in [2.05, 4.69) is 21.4 Å². The number of benzene rings is 1. The number of carbonyl (C=O) groups is 1. The lowest BCUT2D eigenvalue weighted by Crippen LogP contribution is -2.40. The summed E-state index contributed by atoms with van der Waals surface area (Å²) in [6, 6.07) is 10.9. The van der Waals surface area contributed by atoms with Gasteiger partial charge in [0, 0.05) is 11.4 Å². The Kier molecular flexibility index (Phi) is 5.40. The van der Waals surface area contributed by atoms with Crippen molar-refractivity contribution < 1.29 is 4.79 Å². The second kappa shape index (κ2) is 8.12. The van der Waals surface area contributed by atoms with Crippen LogP contribution in [0.3, 0.4) is 0 Å². The first kappa shape index (κ1) is 18.6. The molecule has 1 saturated heterocycles. The molecular weight excluding hydrogens is 376 g/mol. The van der Waals surface area contributed by atoms with Crippen LogP contribution in [0, 0.1) is 0 Å². The Hall–Kier alpha value is -2.71. The van der Waals surface area contributed by atoms with Crippen LogP contribution in [0.2, 0.25) is 0 Å². The molecule has 2 aromatic heterocycles. The molecule has 0 radical (unpaired) electrons. The zero-order valence-electron chi connectivity index (χ0n) is 15.4. The molecular formula is C20H22N4O3S. The topological polar surface area (TPSA) is 87.2 Å². The number of thiophene rings is 1. The number of aromatic amines is 1. The van der Waals surface area contributed by atoms with Gasteiger partial charge in [-0.05, 0) is 49.5 Å². The van der Waals surface area contributed by atoms with Crippen LogP contribution in [0.1, 0.15) is 23.8 Å². The van der Waals surface area contributed by atoms with Crippen LogP contribution < -0.4 is 16.4 Å². The molecule has 1 fully saturated rings. The number of hydrogen-bond acceptors (Lipinski definition) is 5. The van der Waals surface area contributed by atoms with Gasteiger partial charge in [0.1, 0.15) is 6.54 Å². The number of aromatic nitrogens is 2. The van der Waals surface area contributed by atoms with Crippen LogP contribution in [0.25, 0.3) is 10.8 Å². The molecule has 2 N–H and O–H groups in total. The largest absolute Gasteiger partial charge is 0.353 e. The Bertz CT molecular complexity index is 1080. The normalized spacial score (nSPS) is 15.7. The fourth-order valence-corrected chi connectivity index (χ4v) is 4.57. The number of H-pyrrole nitrogens is 1. The van der Waals surface area contributed by atoms with Crippen molar-refractivity contribution in [1.29, 1.82) is 0 Å². The van der Waals surface area contributed by atoms with Gasteiger partial charge in [0.2, 0.25) is 5.91 Å². The number of nitrogens with zero attached hydrogens (tertiary/aromatic N) is 2. The number of nitrogens with one attached hydrogen (secondary N) is 2. The number of rotatable bonds is 6. The van der Waals surface area contributed by atoms with E-state index >= 15 is 0 Å². The molecule has 0 aliphatic carbocycles. The monoisotopic (exact) mass is 398 g/mol. The smallest absolute Gasteiger partial charge is 0.273 e. The molecule has 1 aliphatic rings. The van der Waals surface area contributed by atoms with Gasteiger partial charge in [0.15, 0.2) is 0 Å². The van der Waals surface area contributed by atoms with Gasteiger partial charge in [-0.25, -0.2) is 4.68 Å². The lowest BCUT2D eigenvalue weighted by molar-refractivity contribution is -0.122. The van der Waals surface area contributed by atoms with Crippen LogP contribution in [-0.2, 0) is 11.3 Å². The summed E-state index contributed by atoms with van der Waals surface area (Å²) in [6.07, 6.45) is 2.34. The van der Waals surface area contributed by atoms with E-state index in [0.717, 1.165) is 17.8 Å². The minimum absolute atomic E-state index is 0.138. The van der Waals surface area contributed by atoms with E-state index in [-0.39, 0.29) is 29.6 Å². The predicted octanol–water partition coefficient (Wildman–Crippen LogP) is 1.70. The highest BCUT2D eigenvalue weighted by Gasteiger charge is 2.24. The third kappa shape index (κ3) is 3.79. The van der Waals surface area contributed by atoms with Gasteiger partial charge < -0.3 is 5.32 Å². The first-order chi connectivity index (χ1) is 13.6. The number of carbonyl (C=O) groups excluding carboxylic acids is 1. The van der Waals surface area contributed by atoms with Crippen molar-refractivity contribution in [3.8, 4) is 0 Å². The van der Waals surface area contributed by atoms with E-state index in [1.807, 2.05) is 11.4 Å². The summed E-state index contributed by atoms with van der Waals surface area (Å²) >= 11 is 1.68. The van der Waals surface area contributed by atoms with E-state index in [1.165, 1.54) is 17.7 Å². The van der Waals surface area contributed by atoms with E-state index in [9.17, 15) is 14.4 Å². The maximum absolute atomic E-state index is 12.6. The molecule has 0 spiro atoms. The summed E-state index contributed by atoms with van der Waals surface area (Å²) in [5.41, 5.74) is -0.753. The Morgan fingerprint density at radius 3 is 2.57 bits per heavy atom. The highest BCUT2D eigenvalue weighted by Crippen LogP contribution is 2.27. The second-order valence-corrected chi connectivity index (χ2v) is 7.94. The summed E-state index contributed by atoms with van der Waals surface area (Å²) < 4.78 is 1.08. The number of hydrogen-bond donors (Lipinski definition) is 2. The Morgan fingerprint density at radius 1 is 1.11 bits per heavy atom. The van der Waals surface area contributed by atoms with Crippen molar-refractivity contribution in [2.24, 2.45) is 0 Å². The summed E-state index contributed by atoms with van der Waals surface area (Å²) in [7, 11) is 0. The Balaban J connectivity index is 1.48. The van der Waals surface area contributed by atoms with Gasteiger partial charge in [0.05, 0.1) is 16.8 Å². The molecule has 1 amide bonds. The van der Waals surface area contributed by atoms with E-state index in [0.29, 0.717) is 17.3 Å². The highest BCUT2D eigenvalue weighted by atomic mass is 32.1. The maximum atomic E-state index is 12.6. The van der Waals surface area contributed by atoms with E-state index < -0.39 is 0 Å². The van der Waals surface area contributed by atoms with Gasteiger partial charge in [-0.15, -0.1) is 11.3 Å². The van der Waals surface area contributed by atoms with Crippen molar-refractivity contribution in [1.82, 2.24) is 20.0 Å². The Labute approximate surface area is 165 Å². The molecule has 146 valence electrons. The minimum Gasteiger partial charge on any atom is -0.353 e. The molecule has 0 saturated carbocycles. The van der Waals surface area contributed by atoms with E-state index in [1.54, 1.807) is 35.6 Å². The fraction of sp³-hybridized carbons (Fsp3) is 0.350. The van der Waals surface area contributed by atoms with Gasteiger partial charge in [0.25, 0.3) is 11.1 Å². The first-order valence-corrected chi connectivity index (χ1v) is 10.3. The maximum Gasteiger partial charge on any atom is 0.273 e. The summed E-state index contributed by atoms with van der Waals surface area (Å²) in [6.45, 7) is 2.31. The molecule has 8 heteroatoms. The molecule has 3 heterocycles. The Morgan fingerprint density at radius 2 is 1.86 bits per heavy atom. The van der Waals surface area contributed by atoms with Crippen LogP contribution in [-0.4, -0.2) is 40.2 Å². The average molecular weight is 398 g/mol. The summed E-state index contributed by atoms with van der Waals surface area (Å²) in [5.74, 6) is -0.297. The van der Waals surface area contributed by atoms with E-state index in [4.69, 9.17) is 0 Å². The van der Waals surface area contributed by atoms with Crippen molar-refractivity contribution in [3.63, 3.8) is 0 Å². The molecule has 28 heavy (non-hydrogen) atoms. The van der Waals surface area contributed by atoms with Gasteiger partial charge >= 0.3 is 0 Å². The van der Waals surface area contributed by atoms with Crippen LogP contribution in [0.15, 0.2) is 51.4 Å². The number of fused-ring (bicyclic) bond motifs is 1. The number of likely N-dealkylation sites (tertiary alicyclic amines) is 1. The zero-order chi connectivity index (χ0) is 19.5. The quantitative estimate of drug-likeness (QED) is 0.662. The molecule has 0 bridgehead atoms. The highest BCUT2D eigenvalue weighted by molar-refractivity contribution is 7.10. The molecule has 1 atom stereocenters.